The molecule has 102 valence electrons. The second kappa shape index (κ2) is 6.61. The van der Waals surface area contributed by atoms with Crippen molar-refractivity contribution >= 4 is 0 Å². The minimum absolute atomic E-state index is 0.0625. The number of hydrogen-bond acceptors (Lipinski definition) is 3. The summed E-state index contributed by atoms with van der Waals surface area (Å²) in [6.07, 6.45) is -3.91. The van der Waals surface area contributed by atoms with E-state index < -0.39 is 11.7 Å². The van der Waals surface area contributed by atoms with Gasteiger partial charge in [-0.15, -0.1) is 0 Å². The van der Waals surface area contributed by atoms with Crippen LogP contribution in [-0.2, 0) is 17.5 Å². The fourth-order valence-electron chi connectivity index (χ4n) is 1.44. The quantitative estimate of drug-likeness (QED) is 0.802. The molecule has 0 atom stereocenters. The van der Waals surface area contributed by atoms with Gasteiger partial charge in [0.2, 0.25) is 0 Å². The van der Waals surface area contributed by atoms with Crippen molar-refractivity contribution in [2.45, 2.75) is 19.1 Å². The molecule has 0 unspecified atom stereocenters. The summed E-state index contributed by atoms with van der Waals surface area (Å²) in [6, 6.07) is 3.85. The first-order valence-electron chi connectivity index (χ1n) is 5.51. The van der Waals surface area contributed by atoms with E-state index in [1.54, 1.807) is 0 Å². The molecule has 0 bridgehead atoms. The number of hydrogen-bond donors (Lipinski definition) is 1. The van der Waals surface area contributed by atoms with Gasteiger partial charge in [-0.05, 0) is 17.7 Å². The van der Waals surface area contributed by atoms with Crippen molar-refractivity contribution in [3.8, 4) is 5.75 Å². The highest BCUT2D eigenvalue weighted by Gasteiger charge is 2.34. The molecule has 1 aromatic rings. The molecule has 0 saturated carbocycles. The summed E-state index contributed by atoms with van der Waals surface area (Å²) in [5.41, 5.74) is 4.96. The highest BCUT2D eigenvalue weighted by atomic mass is 19.4. The van der Waals surface area contributed by atoms with Crippen LogP contribution in [0.4, 0.5) is 13.2 Å². The Morgan fingerprint density at radius 2 is 1.94 bits per heavy atom. The van der Waals surface area contributed by atoms with Crippen molar-refractivity contribution in [2.75, 3.05) is 20.3 Å². The Hall–Kier alpha value is -1.27. The predicted molar refractivity (Wildman–Crippen MR) is 61.3 cm³/mol. The molecule has 1 rings (SSSR count). The van der Waals surface area contributed by atoms with Crippen LogP contribution in [0, 0.1) is 0 Å². The van der Waals surface area contributed by atoms with Gasteiger partial charge < -0.3 is 15.2 Å². The molecule has 2 N–H and O–H groups in total. The molecule has 18 heavy (non-hydrogen) atoms. The van der Waals surface area contributed by atoms with E-state index in [9.17, 15) is 13.2 Å². The van der Waals surface area contributed by atoms with Crippen molar-refractivity contribution in [3.63, 3.8) is 0 Å². The van der Waals surface area contributed by atoms with Crippen molar-refractivity contribution in [1.82, 2.24) is 0 Å². The molecule has 0 aliphatic rings. The molecule has 0 aliphatic heterocycles. The van der Waals surface area contributed by atoms with Crippen LogP contribution in [0.2, 0.25) is 0 Å². The number of nitrogens with two attached hydrogens (primary N) is 1. The third-order valence-electron chi connectivity index (χ3n) is 2.34. The van der Waals surface area contributed by atoms with Gasteiger partial charge in [0.05, 0.1) is 12.2 Å². The maximum absolute atomic E-state index is 12.8. The van der Waals surface area contributed by atoms with Crippen LogP contribution < -0.4 is 10.5 Å². The van der Waals surface area contributed by atoms with Crippen molar-refractivity contribution in [3.05, 3.63) is 29.3 Å². The maximum Gasteiger partial charge on any atom is 0.419 e. The zero-order valence-electron chi connectivity index (χ0n) is 10.1. The molecule has 0 amide bonds. The average molecular weight is 263 g/mol. The smallest absolute Gasteiger partial charge is 0.419 e. The molecular weight excluding hydrogens is 247 g/mol. The fourth-order valence-corrected chi connectivity index (χ4v) is 1.44. The summed E-state index contributed by atoms with van der Waals surface area (Å²) in [6.45, 7) is 0.689. The molecule has 0 heterocycles. The summed E-state index contributed by atoms with van der Waals surface area (Å²) in [5.74, 6) is -0.171. The summed E-state index contributed by atoms with van der Waals surface area (Å²) < 4.78 is 48.3. The first-order valence-corrected chi connectivity index (χ1v) is 5.51. The third kappa shape index (κ3) is 4.19. The van der Waals surface area contributed by atoms with Gasteiger partial charge in [-0.1, -0.05) is 6.07 Å². The molecule has 3 nitrogen and oxygen atoms in total. The van der Waals surface area contributed by atoms with Gasteiger partial charge >= 0.3 is 6.18 Å². The van der Waals surface area contributed by atoms with Crippen LogP contribution in [0.25, 0.3) is 0 Å². The molecule has 0 fully saturated rings. The van der Waals surface area contributed by atoms with Crippen LogP contribution in [0.5, 0.6) is 5.75 Å². The summed E-state index contributed by atoms with van der Waals surface area (Å²) in [7, 11) is 1.52. The average Bonchev–Trinajstić information content (AvgIpc) is 2.33. The van der Waals surface area contributed by atoms with Gasteiger partial charge in [0.1, 0.15) is 5.75 Å². The van der Waals surface area contributed by atoms with E-state index in [-0.39, 0.29) is 18.9 Å². The maximum atomic E-state index is 12.8. The van der Waals surface area contributed by atoms with E-state index in [0.717, 1.165) is 6.07 Å². The SMILES string of the molecule is COCCCOc1ccc(CN)cc1C(F)(F)F. The Labute approximate surface area is 104 Å². The fraction of sp³-hybridized carbons (Fsp3) is 0.500. The Bertz CT molecular complexity index is 380. The first-order chi connectivity index (χ1) is 8.49. The highest BCUT2D eigenvalue weighted by Crippen LogP contribution is 2.36. The standard InChI is InChI=1S/C12H16F3NO2/c1-17-5-2-6-18-11-4-3-9(8-16)7-10(11)12(13,14)15/h3-4,7H,2,5-6,8,16H2,1H3. The molecule has 6 heteroatoms. The Kier molecular flexibility index (Phi) is 5.43. The zero-order valence-corrected chi connectivity index (χ0v) is 10.1. The number of benzene rings is 1. The van der Waals surface area contributed by atoms with Gasteiger partial charge in [-0.25, -0.2) is 0 Å². The van der Waals surface area contributed by atoms with Crippen LogP contribution in [0.1, 0.15) is 17.5 Å². The monoisotopic (exact) mass is 263 g/mol. The summed E-state index contributed by atoms with van der Waals surface area (Å²) >= 11 is 0. The largest absolute Gasteiger partial charge is 0.493 e. The van der Waals surface area contributed by atoms with Crippen LogP contribution in [0.15, 0.2) is 18.2 Å². The minimum Gasteiger partial charge on any atom is -0.493 e. The second-order valence-corrected chi connectivity index (χ2v) is 3.73. The summed E-state index contributed by atoms with van der Waals surface area (Å²) in [5, 5.41) is 0. The number of halogens is 3. The van der Waals surface area contributed by atoms with Gasteiger partial charge in [-0.2, -0.15) is 13.2 Å². The predicted octanol–water partition coefficient (Wildman–Crippen LogP) is 2.58. The Balaban J connectivity index is 2.82. The lowest BCUT2D eigenvalue weighted by Gasteiger charge is -2.15. The normalized spacial score (nSPS) is 11.6. The van der Waals surface area contributed by atoms with E-state index >= 15 is 0 Å². The number of ether oxygens (including phenoxy) is 2. The Morgan fingerprint density at radius 1 is 1.22 bits per heavy atom. The van der Waals surface area contributed by atoms with E-state index in [0.29, 0.717) is 18.6 Å². The molecule has 1 aromatic carbocycles. The number of alkyl halides is 3. The first kappa shape index (κ1) is 14.8. The van der Waals surface area contributed by atoms with Crippen LogP contribution in [-0.4, -0.2) is 20.3 Å². The van der Waals surface area contributed by atoms with Gasteiger partial charge in [0.25, 0.3) is 0 Å². The molecule has 0 radical (unpaired) electrons. The highest BCUT2D eigenvalue weighted by molar-refractivity contribution is 5.39. The molecule has 0 spiro atoms. The van der Waals surface area contributed by atoms with E-state index in [2.05, 4.69) is 0 Å². The van der Waals surface area contributed by atoms with Crippen LogP contribution in [0.3, 0.4) is 0 Å². The minimum atomic E-state index is -4.44. The van der Waals surface area contributed by atoms with Gasteiger partial charge in [0, 0.05) is 26.7 Å². The number of methoxy groups -OCH3 is 1. The summed E-state index contributed by atoms with van der Waals surface area (Å²) in [4.78, 5) is 0. The third-order valence-corrected chi connectivity index (χ3v) is 2.34. The molecule has 0 saturated heterocycles. The van der Waals surface area contributed by atoms with Gasteiger partial charge in [0.15, 0.2) is 0 Å². The van der Waals surface area contributed by atoms with E-state index in [1.807, 2.05) is 0 Å². The lowest BCUT2D eigenvalue weighted by molar-refractivity contribution is -0.139. The van der Waals surface area contributed by atoms with Gasteiger partial charge in [-0.3, -0.25) is 0 Å². The van der Waals surface area contributed by atoms with E-state index in [1.165, 1.54) is 19.2 Å². The van der Waals surface area contributed by atoms with Crippen molar-refractivity contribution in [2.24, 2.45) is 5.73 Å². The Morgan fingerprint density at radius 3 is 2.50 bits per heavy atom. The second-order valence-electron chi connectivity index (χ2n) is 3.73. The van der Waals surface area contributed by atoms with E-state index in [4.69, 9.17) is 15.2 Å². The molecule has 0 aromatic heterocycles. The van der Waals surface area contributed by atoms with Crippen molar-refractivity contribution < 1.29 is 22.6 Å². The van der Waals surface area contributed by atoms with Crippen LogP contribution >= 0.6 is 0 Å². The molecular formula is C12H16F3NO2. The zero-order chi connectivity index (χ0) is 13.6. The lowest BCUT2D eigenvalue weighted by atomic mass is 10.1. The lowest BCUT2D eigenvalue weighted by Crippen LogP contribution is -2.11. The van der Waals surface area contributed by atoms with Crippen molar-refractivity contribution in [1.29, 1.82) is 0 Å². The number of rotatable bonds is 6. The topological polar surface area (TPSA) is 44.5 Å². The molecule has 0 aliphatic carbocycles.